The number of carbonyl (C=O) groups excluding carboxylic acids is 1. The maximum atomic E-state index is 12.4. The molecule has 0 spiro atoms. The van der Waals surface area contributed by atoms with E-state index in [0.717, 1.165) is 16.8 Å². The van der Waals surface area contributed by atoms with Gasteiger partial charge in [0.1, 0.15) is 0 Å². The van der Waals surface area contributed by atoms with Crippen LogP contribution in [0.1, 0.15) is 10.4 Å². The second-order valence-corrected chi connectivity index (χ2v) is 6.99. The maximum Gasteiger partial charge on any atom is 0.260 e. The lowest BCUT2D eigenvalue weighted by Gasteiger charge is -2.03. The highest BCUT2D eigenvalue weighted by Gasteiger charge is 2.12. The van der Waals surface area contributed by atoms with Gasteiger partial charge in [-0.05, 0) is 24.3 Å². The van der Waals surface area contributed by atoms with Crippen molar-refractivity contribution in [3.05, 3.63) is 65.0 Å². The molecular weight excluding hydrogens is 384 g/mol. The predicted molar refractivity (Wildman–Crippen MR) is 105 cm³/mol. The summed E-state index contributed by atoms with van der Waals surface area (Å²) in [5, 5.41) is 9.90. The molecule has 0 radical (unpaired) electrons. The molecule has 0 aliphatic heterocycles. The van der Waals surface area contributed by atoms with Crippen molar-refractivity contribution in [3.8, 4) is 22.6 Å². The van der Waals surface area contributed by atoms with Gasteiger partial charge in [-0.15, -0.1) is 11.3 Å². The van der Waals surface area contributed by atoms with E-state index in [1.807, 2.05) is 30.8 Å². The molecule has 4 aromatic rings. The SMILES string of the molecule is Cn1cc(-c2csc(NC(=O)c3cnc(-c4ccc(Cl)cc4)nc3)n2)cn1. The zero-order valence-corrected chi connectivity index (χ0v) is 15.7. The number of nitrogens with one attached hydrogen (secondary N) is 1. The molecule has 3 aromatic heterocycles. The van der Waals surface area contributed by atoms with Crippen LogP contribution in [0.25, 0.3) is 22.6 Å². The molecule has 4 rings (SSSR count). The van der Waals surface area contributed by atoms with Crippen molar-refractivity contribution in [1.29, 1.82) is 0 Å². The molecule has 0 atom stereocenters. The van der Waals surface area contributed by atoms with Gasteiger partial charge >= 0.3 is 0 Å². The topological polar surface area (TPSA) is 85.6 Å². The second kappa shape index (κ2) is 7.26. The molecule has 1 amide bonds. The number of anilines is 1. The molecule has 3 heterocycles. The molecule has 0 fully saturated rings. The van der Waals surface area contributed by atoms with Crippen LogP contribution in [-0.4, -0.2) is 30.6 Å². The summed E-state index contributed by atoms with van der Waals surface area (Å²) in [6.07, 6.45) is 6.57. The van der Waals surface area contributed by atoms with Gasteiger partial charge < -0.3 is 0 Å². The Labute approximate surface area is 163 Å². The highest BCUT2D eigenvalue weighted by molar-refractivity contribution is 7.14. The number of aryl methyl sites for hydroxylation is 1. The van der Waals surface area contributed by atoms with Crippen molar-refractivity contribution >= 4 is 34.0 Å². The van der Waals surface area contributed by atoms with E-state index in [9.17, 15) is 4.79 Å². The largest absolute Gasteiger partial charge is 0.298 e. The normalized spacial score (nSPS) is 10.7. The smallest absolute Gasteiger partial charge is 0.260 e. The number of nitrogens with zero attached hydrogens (tertiary/aromatic N) is 5. The summed E-state index contributed by atoms with van der Waals surface area (Å²) in [5.74, 6) is 0.209. The molecule has 27 heavy (non-hydrogen) atoms. The van der Waals surface area contributed by atoms with Gasteiger partial charge in [-0.2, -0.15) is 5.10 Å². The summed E-state index contributed by atoms with van der Waals surface area (Å²) in [5.41, 5.74) is 2.83. The van der Waals surface area contributed by atoms with Crippen molar-refractivity contribution in [1.82, 2.24) is 24.7 Å². The van der Waals surface area contributed by atoms with E-state index < -0.39 is 0 Å². The van der Waals surface area contributed by atoms with E-state index in [-0.39, 0.29) is 5.91 Å². The molecule has 9 heteroatoms. The highest BCUT2D eigenvalue weighted by atomic mass is 35.5. The summed E-state index contributed by atoms with van der Waals surface area (Å²) in [4.78, 5) is 25.3. The van der Waals surface area contributed by atoms with Gasteiger partial charge in [-0.25, -0.2) is 15.0 Å². The highest BCUT2D eigenvalue weighted by Crippen LogP contribution is 2.24. The number of halogens is 1. The monoisotopic (exact) mass is 396 g/mol. The summed E-state index contributed by atoms with van der Waals surface area (Å²) < 4.78 is 1.70. The van der Waals surface area contributed by atoms with Crippen LogP contribution < -0.4 is 5.32 Å². The number of hydrogen-bond acceptors (Lipinski definition) is 6. The van der Waals surface area contributed by atoms with Gasteiger partial charge in [0.05, 0.1) is 17.5 Å². The van der Waals surface area contributed by atoms with E-state index >= 15 is 0 Å². The molecule has 1 N–H and O–H groups in total. The Morgan fingerprint density at radius 2 is 1.85 bits per heavy atom. The Morgan fingerprint density at radius 3 is 2.52 bits per heavy atom. The lowest BCUT2D eigenvalue weighted by Crippen LogP contribution is -2.12. The molecule has 134 valence electrons. The molecule has 0 aliphatic carbocycles. The third kappa shape index (κ3) is 3.86. The van der Waals surface area contributed by atoms with Crippen LogP contribution in [0.3, 0.4) is 0 Å². The van der Waals surface area contributed by atoms with E-state index in [2.05, 4.69) is 25.4 Å². The molecule has 0 bridgehead atoms. The first-order valence-corrected chi connectivity index (χ1v) is 9.18. The van der Waals surface area contributed by atoms with Gasteiger partial charge in [0.2, 0.25) is 0 Å². The standard InChI is InChI=1S/C18H13ClN6OS/c1-25-9-13(8-22-25)15-10-27-18(23-15)24-17(26)12-6-20-16(21-7-12)11-2-4-14(19)5-3-11/h2-10H,1H3,(H,23,24,26). The first-order valence-electron chi connectivity index (χ1n) is 7.92. The summed E-state index contributed by atoms with van der Waals surface area (Å²) in [6.45, 7) is 0. The molecule has 0 saturated heterocycles. The first-order chi connectivity index (χ1) is 13.1. The molecule has 0 unspecified atom stereocenters. The summed E-state index contributed by atoms with van der Waals surface area (Å²) >= 11 is 7.23. The van der Waals surface area contributed by atoms with Crippen molar-refractivity contribution in [2.45, 2.75) is 0 Å². The van der Waals surface area contributed by atoms with E-state index in [4.69, 9.17) is 11.6 Å². The minimum atomic E-state index is -0.315. The van der Waals surface area contributed by atoms with E-state index in [0.29, 0.717) is 21.5 Å². The summed E-state index contributed by atoms with van der Waals surface area (Å²) in [6, 6.07) is 7.19. The fourth-order valence-electron chi connectivity index (χ4n) is 2.38. The summed E-state index contributed by atoms with van der Waals surface area (Å²) in [7, 11) is 1.84. The number of rotatable bonds is 4. The van der Waals surface area contributed by atoms with Gasteiger partial charge in [0.15, 0.2) is 11.0 Å². The van der Waals surface area contributed by atoms with Crippen LogP contribution >= 0.6 is 22.9 Å². The zero-order valence-electron chi connectivity index (χ0n) is 14.1. The van der Waals surface area contributed by atoms with Gasteiger partial charge in [0, 0.05) is 47.2 Å². The average molecular weight is 397 g/mol. The Kier molecular flexibility index (Phi) is 4.66. The molecule has 7 nitrogen and oxygen atoms in total. The average Bonchev–Trinajstić information content (AvgIpc) is 3.31. The van der Waals surface area contributed by atoms with Crippen LogP contribution in [-0.2, 0) is 7.05 Å². The maximum absolute atomic E-state index is 12.4. The fourth-order valence-corrected chi connectivity index (χ4v) is 3.22. The predicted octanol–water partition coefficient (Wildman–Crippen LogP) is 3.91. The minimum absolute atomic E-state index is 0.315. The molecule has 0 saturated carbocycles. The van der Waals surface area contributed by atoms with Gasteiger partial charge in [0.25, 0.3) is 5.91 Å². The fraction of sp³-hybridized carbons (Fsp3) is 0.0556. The second-order valence-electron chi connectivity index (χ2n) is 5.70. The van der Waals surface area contributed by atoms with Gasteiger partial charge in [-0.3, -0.25) is 14.8 Å². The Balaban J connectivity index is 1.47. The van der Waals surface area contributed by atoms with Crippen molar-refractivity contribution in [2.24, 2.45) is 7.05 Å². The Bertz CT molecular complexity index is 1090. The third-order valence-corrected chi connectivity index (χ3v) is 4.75. The number of hydrogen-bond donors (Lipinski definition) is 1. The quantitative estimate of drug-likeness (QED) is 0.565. The molecule has 0 aliphatic rings. The number of amides is 1. The Hall–Kier alpha value is -3.10. The number of thiazole rings is 1. The van der Waals surface area contributed by atoms with Crippen LogP contribution in [0.15, 0.2) is 54.4 Å². The number of benzene rings is 1. The number of aromatic nitrogens is 5. The van der Waals surface area contributed by atoms with Crippen LogP contribution in [0.4, 0.5) is 5.13 Å². The number of carbonyl (C=O) groups is 1. The zero-order chi connectivity index (χ0) is 18.8. The van der Waals surface area contributed by atoms with E-state index in [1.165, 1.54) is 23.7 Å². The van der Waals surface area contributed by atoms with Crippen LogP contribution in [0.2, 0.25) is 5.02 Å². The van der Waals surface area contributed by atoms with E-state index in [1.54, 1.807) is 23.0 Å². The first kappa shape index (κ1) is 17.3. The molecule has 1 aromatic carbocycles. The third-order valence-electron chi connectivity index (χ3n) is 3.74. The van der Waals surface area contributed by atoms with Crippen molar-refractivity contribution < 1.29 is 4.79 Å². The van der Waals surface area contributed by atoms with Crippen LogP contribution in [0, 0.1) is 0 Å². The molecular formula is C18H13ClN6OS. The lowest BCUT2D eigenvalue weighted by molar-refractivity contribution is 0.102. The van der Waals surface area contributed by atoms with Crippen LogP contribution in [0.5, 0.6) is 0 Å². The minimum Gasteiger partial charge on any atom is -0.298 e. The lowest BCUT2D eigenvalue weighted by atomic mass is 10.2. The Morgan fingerprint density at radius 1 is 1.11 bits per heavy atom. The van der Waals surface area contributed by atoms with Gasteiger partial charge in [-0.1, -0.05) is 11.6 Å². The van der Waals surface area contributed by atoms with Crippen molar-refractivity contribution in [2.75, 3.05) is 5.32 Å². The van der Waals surface area contributed by atoms with Crippen molar-refractivity contribution in [3.63, 3.8) is 0 Å².